The van der Waals surface area contributed by atoms with Crippen LogP contribution in [0.5, 0.6) is 5.88 Å². The first kappa shape index (κ1) is 15.4. The molecule has 0 aliphatic rings. The van der Waals surface area contributed by atoms with E-state index < -0.39 is 5.56 Å². The number of rotatable bonds is 2. The number of nitrogens with zero attached hydrogens (tertiary/aromatic N) is 3. The van der Waals surface area contributed by atoms with Gasteiger partial charge in [-0.1, -0.05) is 69.7 Å². The summed E-state index contributed by atoms with van der Waals surface area (Å²) in [7, 11) is 0. The molecule has 2 heterocycles. The molecule has 0 bridgehead atoms. The smallest absolute Gasteiger partial charge is 0.375 e. The Balaban J connectivity index is 2.19. The Bertz CT molecular complexity index is 1130. The topological polar surface area (TPSA) is 58.5 Å². The first-order valence-electron chi connectivity index (χ1n) is 7.64. The number of fused-ring (bicyclic) bond motifs is 1. The molecule has 0 saturated carbocycles. The molecule has 5 nitrogen and oxygen atoms in total. The molecule has 0 saturated heterocycles. The molecule has 122 valence electrons. The summed E-state index contributed by atoms with van der Waals surface area (Å²) in [6.07, 6.45) is 0. The molecule has 2 aromatic heterocycles. The van der Waals surface area contributed by atoms with Crippen molar-refractivity contribution in [1.29, 1.82) is 0 Å². The lowest BCUT2D eigenvalue weighted by Gasteiger charge is -2.09. The third kappa shape index (κ3) is 2.55. The monoisotopic (exact) mass is 350 g/mol. The van der Waals surface area contributed by atoms with Crippen molar-refractivity contribution < 1.29 is 9.67 Å². The quantitative estimate of drug-likeness (QED) is 0.565. The van der Waals surface area contributed by atoms with Crippen LogP contribution in [0.25, 0.3) is 22.5 Å². The maximum absolute atomic E-state index is 13.0. The van der Waals surface area contributed by atoms with E-state index in [0.29, 0.717) is 16.9 Å². The number of hydrogen-bond acceptors (Lipinski definition) is 3. The second-order valence-corrected chi connectivity index (χ2v) is 5.85. The number of aromatic nitrogens is 3. The van der Waals surface area contributed by atoms with E-state index >= 15 is 0 Å². The highest BCUT2D eigenvalue weighted by molar-refractivity contribution is 6.29. The molecule has 25 heavy (non-hydrogen) atoms. The summed E-state index contributed by atoms with van der Waals surface area (Å²) in [4.78, 5) is 13.0. The number of halogens is 1. The van der Waals surface area contributed by atoms with Crippen molar-refractivity contribution >= 4 is 17.2 Å². The van der Waals surface area contributed by atoms with Gasteiger partial charge in [0.2, 0.25) is 0 Å². The molecule has 0 unspecified atom stereocenters. The van der Waals surface area contributed by atoms with Crippen LogP contribution in [0.2, 0.25) is 5.15 Å². The first-order valence-corrected chi connectivity index (χ1v) is 8.02. The highest BCUT2D eigenvalue weighted by atomic mass is 35.5. The number of hydrogen-bond donors (Lipinski definition) is 1. The Morgan fingerprint density at radius 3 is 2.24 bits per heavy atom. The summed E-state index contributed by atoms with van der Waals surface area (Å²) < 4.78 is 2.78. The predicted molar refractivity (Wildman–Crippen MR) is 95.1 cm³/mol. The average molecular weight is 351 g/mol. The Labute approximate surface area is 148 Å². The van der Waals surface area contributed by atoms with Gasteiger partial charge in [0.05, 0.1) is 0 Å². The number of benzene rings is 2. The standard InChI is InChI=1S/C19H12ClN3O2/c20-15-11-12-16-22(14-9-5-2-6-10-14)18(24)17(19(25)23(16)21-15)13-7-3-1-4-8-13/h1-12H/p+1. The average Bonchev–Trinajstić information content (AvgIpc) is 2.64. The zero-order chi connectivity index (χ0) is 17.4. The summed E-state index contributed by atoms with van der Waals surface area (Å²) in [6.45, 7) is 0. The van der Waals surface area contributed by atoms with Gasteiger partial charge in [-0.15, -0.1) is 0 Å². The van der Waals surface area contributed by atoms with Crippen molar-refractivity contribution in [1.82, 2.24) is 9.61 Å². The van der Waals surface area contributed by atoms with Gasteiger partial charge in [-0.2, -0.15) is 4.57 Å². The molecular weight excluding hydrogens is 338 g/mol. The van der Waals surface area contributed by atoms with Crippen molar-refractivity contribution in [2.24, 2.45) is 0 Å². The molecule has 0 radical (unpaired) electrons. The van der Waals surface area contributed by atoms with Crippen LogP contribution in [0.3, 0.4) is 0 Å². The zero-order valence-corrected chi connectivity index (χ0v) is 13.8. The Kier molecular flexibility index (Phi) is 3.71. The zero-order valence-electron chi connectivity index (χ0n) is 13.0. The molecular formula is C19H13ClN3O2+. The van der Waals surface area contributed by atoms with Crippen LogP contribution in [0.15, 0.2) is 77.6 Å². The van der Waals surface area contributed by atoms with Gasteiger partial charge in [-0.25, -0.2) is 4.79 Å². The van der Waals surface area contributed by atoms with E-state index in [1.54, 1.807) is 41.0 Å². The lowest BCUT2D eigenvalue weighted by Crippen LogP contribution is -2.39. The second-order valence-electron chi connectivity index (χ2n) is 5.47. The SMILES string of the molecule is O=c1c(-c2ccccc2)c(O)[n+](-c2ccccc2)c2ccc(Cl)nn12. The van der Waals surface area contributed by atoms with Gasteiger partial charge < -0.3 is 5.11 Å². The van der Waals surface area contributed by atoms with E-state index in [4.69, 9.17) is 11.6 Å². The largest absolute Gasteiger partial charge is 0.477 e. The second kappa shape index (κ2) is 6.03. The van der Waals surface area contributed by atoms with Crippen LogP contribution >= 0.6 is 11.6 Å². The maximum Gasteiger partial charge on any atom is 0.375 e. The van der Waals surface area contributed by atoms with Crippen molar-refractivity contribution in [3.63, 3.8) is 0 Å². The fourth-order valence-electron chi connectivity index (χ4n) is 2.82. The van der Waals surface area contributed by atoms with Crippen molar-refractivity contribution in [3.05, 3.63) is 88.3 Å². The molecule has 0 aliphatic carbocycles. The van der Waals surface area contributed by atoms with Gasteiger partial charge in [-0.05, 0) is 23.8 Å². The maximum atomic E-state index is 13.0. The van der Waals surface area contributed by atoms with E-state index in [1.165, 1.54) is 4.52 Å². The lowest BCUT2D eigenvalue weighted by molar-refractivity contribution is -0.580. The highest BCUT2D eigenvalue weighted by Gasteiger charge is 2.27. The van der Waals surface area contributed by atoms with E-state index in [1.807, 2.05) is 36.4 Å². The molecule has 1 N–H and O–H groups in total. The normalized spacial score (nSPS) is 10.9. The highest BCUT2D eigenvalue weighted by Crippen LogP contribution is 2.24. The number of para-hydroxylation sites is 1. The minimum Gasteiger partial charge on any atom is -0.477 e. The number of aromatic hydroxyl groups is 1. The van der Waals surface area contributed by atoms with Gasteiger partial charge in [-0.3, -0.25) is 0 Å². The molecule has 0 aliphatic heterocycles. The summed E-state index contributed by atoms with van der Waals surface area (Å²) in [6, 6.07) is 21.5. The lowest BCUT2D eigenvalue weighted by atomic mass is 10.1. The molecule has 6 heteroatoms. The van der Waals surface area contributed by atoms with E-state index in [2.05, 4.69) is 5.10 Å². The van der Waals surface area contributed by atoms with E-state index in [-0.39, 0.29) is 16.6 Å². The third-order valence-electron chi connectivity index (χ3n) is 3.93. The van der Waals surface area contributed by atoms with Gasteiger partial charge >= 0.3 is 17.1 Å². The van der Waals surface area contributed by atoms with Crippen LogP contribution < -0.4 is 10.1 Å². The summed E-state index contributed by atoms with van der Waals surface area (Å²) in [5.41, 5.74) is 1.45. The fraction of sp³-hybridized carbons (Fsp3) is 0. The molecule has 0 spiro atoms. The molecule has 4 aromatic rings. The predicted octanol–water partition coefficient (Wildman–Crippen LogP) is 3.00. The molecule has 4 rings (SSSR count). The van der Waals surface area contributed by atoms with Crippen molar-refractivity contribution in [2.45, 2.75) is 0 Å². The van der Waals surface area contributed by atoms with Crippen LogP contribution in [0.4, 0.5) is 0 Å². The fourth-order valence-corrected chi connectivity index (χ4v) is 2.96. The van der Waals surface area contributed by atoms with Crippen LogP contribution in [-0.4, -0.2) is 14.7 Å². The summed E-state index contributed by atoms with van der Waals surface area (Å²) in [5, 5.41) is 15.3. The molecule has 0 atom stereocenters. The molecule has 0 amide bonds. The Morgan fingerprint density at radius 2 is 1.56 bits per heavy atom. The van der Waals surface area contributed by atoms with Crippen LogP contribution in [0.1, 0.15) is 0 Å². The first-order chi connectivity index (χ1) is 12.2. The minimum absolute atomic E-state index is 0.147. The van der Waals surface area contributed by atoms with Gasteiger partial charge in [0, 0.05) is 6.07 Å². The Morgan fingerprint density at radius 1 is 0.920 bits per heavy atom. The van der Waals surface area contributed by atoms with Crippen LogP contribution in [-0.2, 0) is 0 Å². The van der Waals surface area contributed by atoms with Gasteiger partial charge in [0.25, 0.3) is 0 Å². The molecule has 2 aromatic carbocycles. The third-order valence-corrected chi connectivity index (χ3v) is 4.13. The summed E-state index contributed by atoms with van der Waals surface area (Å²) >= 11 is 5.98. The van der Waals surface area contributed by atoms with Crippen molar-refractivity contribution in [3.8, 4) is 22.7 Å². The van der Waals surface area contributed by atoms with E-state index in [9.17, 15) is 9.90 Å². The van der Waals surface area contributed by atoms with Crippen LogP contribution in [0, 0.1) is 0 Å². The van der Waals surface area contributed by atoms with Gasteiger partial charge in [0.1, 0.15) is 5.69 Å². The Hall–Kier alpha value is -3.18. The minimum atomic E-state index is -0.437. The summed E-state index contributed by atoms with van der Waals surface area (Å²) in [5.74, 6) is -0.147. The van der Waals surface area contributed by atoms with Crippen molar-refractivity contribution in [2.75, 3.05) is 0 Å². The van der Waals surface area contributed by atoms with Gasteiger partial charge in [0.15, 0.2) is 10.7 Å². The van der Waals surface area contributed by atoms with E-state index in [0.717, 1.165) is 0 Å². The molecule has 0 fully saturated rings.